The first kappa shape index (κ1) is 22.0. The summed E-state index contributed by atoms with van der Waals surface area (Å²) in [6.45, 7) is 0. The summed E-state index contributed by atoms with van der Waals surface area (Å²) in [5, 5.41) is 6.77. The summed E-state index contributed by atoms with van der Waals surface area (Å²) in [6, 6.07) is 25.2. The quantitative estimate of drug-likeness (QED) is 0.207. The molecule has 1 amide bonds. The number of amides is 1. The van der Waals surface area contributed by atoms with Crippen LogP contribution in [0.2, 0.25) is 0 Å². The van der Waals surface area contributed by atoms with Crippen LogP contribution in [0.15, 0.2) is 90.0 Å². The van der Waals surface area contributed by atoms with Crippen molar-refractivity contribution < 1.29 is 9.53 Å². The van der Waals surface area contributed by atoms with E-state index in [0.29, 0.717) is 11.3 Å². The van der Waals surface area contributed by atoms with E-state index >= 15 is 0 Å². The topological polar surface area (TPSA) is 62.7 Å². The van der Waals surface area contributed by atoms with E-state index in [1.165, 1.54) is 0 Å². The van der Waals surface area contributed by atoms with Crippen molar-refractivity contribution in [1.29, 1.82) is 0 Å². The van der Waals surface area contributed by atoms with E-state index in [1.807, 2.05) is 30.3 Å². The van der Waals surface area contributed by atoms with E-state index in [-0.39, 0.29) is 0 Å². The number of hydrazone groups is 1. The first-order chi connectivity index (χ1) is 14.4. The number of benzene rings is 3. The third kappa shape index (κ3) is 6.66. The number of halogens is 3. The minimum Gasteiger partial charge on any atom is -0.466 e. The summed E-state index contributed by atoms with van der Waals surface area (Å²) >= 11 is 18.0. The van der Waals surface area contributed by atoms with Crippen LogP contribution in [-0.2, 0) is 0 Å². The van der Waals surface area contributed by atoms with Crippen molar-refractivity contribution in [3.8, 4) is 5.75 Å². The van der Waals surface area contributed by atoms with E-state index in [9.17, 15) is 4.79 Å². The lowest BCUT2D eigenvalue weighted by molar-refractivity contribution is 0.0833. The Kier molecular flexibility index (Phi) is 7.57. The van der Waals surface area contributed by atoms with Gasteiger partial charge in [0.15, 0.2) is 0 Å². The Morgan fingerprint density at radius 2 is 1.50 bits per heavy atom. The number of ether oxygens (including phenoxy) is 1. The van der Waals surface area contributed by atoms with Gasteiger partial charge in [0, 0.05) is 5.56 Å². The molecule has 0 radical (unpaired) electrons. The van der Waals surface area contributed by atoms with Crippen LogP contribution in [0.4, 0.5) is 5.69 Å². The molecule has 154 valence electrons. The molecule has 0 bridgehead atoms. The maximum atomic E-state index is 12.4. The van der Waals surface area contributed by atoms with Gasteiger partial charge in [0.2, 0.25) is 10.0 Å². The van der Waals surface area contributed by atoms with Crippen molar-refractivity contribution in [1.82, 2.24) is 5.32 Å². The maximum absolute atomic E-state index is 12.4. The molecule has 3 aromatic rings. The lowest BCUT2D eigenvalue weighted by Crippen LogP contribution is -2.47. The molecule has 8 heteroatoms. The van der Waals surface area contributed by atoms with Gasteiger partial charge in [-0.05, 0) is 54.1 Å². The molecule has 5 nitrogen and oxygen atoms in total. The van der Waals surface area contributed by atoms with E-state index in [0.717, 1.165) is 11.3 Å². The van der Waals surface area contributed by atoms with Crippen molar-refractivity contribution in [2.24, 2.45) is 5.10 Å². The number of alkyl halides is 3. The third-order valence-corrected chi connectivity index (χ3v) is 4.51. The minimum atomic E-state index is -1.87. The predicted octanol–water partition coefficient (Wildman–Crippen LogP) is 5.64. The van der Waals surface area contributed by atoms with Crippen LogP contribution in [0.1, 0.15) is 15.9 Å². The van der Waals surface area contributed by atoms with Gasteiger partial charge in [-0.1, -0.05) is 71.2 Å². The maximum Gasteiger partial charge on any atom is 0.254 e. The smallest absolute Gasteiger partial charge is 0.254 e. The van der Waals surface area contributed by atoms with Crippen LogP contribution in [0, 0.1) is 0 Å². The second kappa shape index (κ2) is 10.3. The summed E-state index contributed by atoms with van der Waals surface area (Å²) < 4.78 is 3.84. The van der Waals surface area contributed by atoms with Gasteiger partial charge in [0.1, 0.15) is 5.75 Å². The third-order valence-electron chi connectivity index (χ3n) is 3.91. The molecular weight excluding hydrogens is 445 g/mol. The van der Waals surface area contributed by atoms with Crippen molar-refractivity contribution in [2.75, 3.05) is 5.43 Å². The predicted molar refractivity (Wildman–Crippen MR) is 123 cm³/mol. The molecule has 30 heavy (non-hydrogen) atoms. The van der Waals surface area contributed by atoms with Crippen LogP contribution in [0.3, 0.4) is 0 Å². The van der Waals surface area contributed by atoms with E-state index in [4.69, 9.17) is 39.5 Å². The minimum absolute atomic E-state index is 0.414. The summed E-state index contributed by atoms with van der Waals surface area (Å²) in [4.78, 5) is 12.4. The van der Waals surface area contributed by atoms with E-state index < -0.39 is 15.9 Å². The lowest BCUT2D eigenvalue weighted by atomic mass is 10.2. The number of nitrogens with zero attached hydrogens (tertiary/aromatic N) is 1. The van der Waals surface area contributed by atoms with Crippen molar-refractivity contribution >= 4 is 52.6 Å². The zero-order valence-corrected chi connectivity index (χ0v) is 17.9. The number of hydrogen-bond donors (Lipinski definition) is 2. The summed E-state index contributed by atoms with van der Waals surface area (Å²) in [7, 11) is 0. The first-order valence-corrected chi connectivity index (χ1v) is 10.1. The number of nitrogens with one attached hydrogen (secondary N) is 2. The Morgan fingerprint density at radius 3 is 2.10 bits per heavy atom. The number of anilines is 1. The van der Waals surface area contributed by atoms with Gasteiger partial charge in [0.05, 0.1) is 11.9 Å². The second-order valence-corrected chi connectivity index (χ2v) is 8.55. The van der Waals surface area contributed by atoms with Gasteiger partial charge >= 0.3 is 0 Å². The van der Waals surface area contributed by atoms with Crippen LogP contribution in [0.5, 0.6) is 5.75 Å². The second-order valence-electron chi connectivity index (χ2n) is 6.18. The number of hydrogen-bond acceptors (Lipinski definition) is 4. The Balaban J connectivity index is 1.63. The fraction of sp³-hybridized carbons (Fsp3) is 0.0909. The standard InChI is InChI=1S/C22H18Cl3N3O2/c23-22(24,25)21(27-20(29)17-7-3-1-4-8-17)30-19-13-11-16(12-14-19)15-26-28-18-9-5-2-6-10-18/h1-15,21,28H,(H,27,29)/b26-15-/t21-/m0/s1. The molecular formula is C22H18Cl3N3O2. The monoisotopic (exact) mass is 461 g/mol. The SMILES string of the molecule is O=C(N[C@@H](Oc1ccc(/C=N\Nc2ccccc2)cc1)C(Cl)(Cl)Cl)c1ccccc1. The highest BCUT2D eigenvalue weighted by Gasteiger charge is 2.36. The highest BCUT2D eigenvalue weighted by Crippen LogP contribution is 2.32. The molecule has 1 atom stereocenters. The van der Waals surface area contributed by atoms with Gasteiger partial charge < -0.3 is 10.1 Å². The van der Waals surface area contributed by atoms with Crippen molar-refractivity contribution in [3.63, 3.8) is 0 Å². The fourth-order valence-electron chi connectivity index (χ4n) is 2.43. The molecule has 0 unspecified atom stereocenters. The zero-order valence-electron chi connectivity index (χ0n) is 15.6. The number of rotatable bonds is 7. The Labute approximate surface area is 189 Å². The molecule has 0 aliphatic heterocycles. The molecule has 0 fully saturated rings. The molecule has 0 saturated heterocycles. The highest BCUT2D eigenvalue weighted by molar-refractivity contribution is 6.68. The van der Waals surface area contributed by atoms with Crippen LogP contribution < -0.4 is 15.5 Å². The largest absolute Gasteiger partial charge is 0.466 e. The Hall–Kier alpha value is -2.73. The number of para-hydroxylation sites is 1. The van der Waals surface area contributed by atoms with Gasteiger partial charge in [-0.3, -0.25) is 10.2 Å². The molecule has 0 saturated carbocycles. The normalized spacial score (nSPS) is 12.4. The van der Waals surface area contributed by atoms with Gasteiger partial charge in [0.25, 0.3) is 5.91 Å². The number of carbonyl (C=O) groups excluding carboxylic acids is 1. The fourth-order valence-corrected chi connectivity index (χ4v) is 2.73. The van der Waals surface area contributed by atoms with Crippen LogP contribution in [0.25, 0.3) is 0 Å². The molecule has 0 heterocycles. The first-order valence-electron chi connectivity index (χ1n) is 8.95. The Morgan fingerprint density at radius 1 is 0.900 bits per heavy atom. The molecule has 0 aromatic heterocycles. The lowest BCUT2D eigenvalue weighted by Gasteiger charge is -2.26. The molecule has 0 aliphatic carbocycles. The van der Waals surface area contributed by atoms with E-state index in [2.05, 4.69) is 15.8 Å². The van der Waals surface area contributed by atoms with Gasteiger partial charge in [-0.2, -0.15) is 5.10 Å². The Bertz CT molecular complexity index is 976. The average molecular weight is 463 g/mol. The average Bonchev–Trinajstić information content (AvgIpc) is 2.75. The zero-order chi connectivity index (χ0) is 21.4. The highest BCUT2D eigenvalue weighted by atomic mass is 35.6. The van der Waals surface area contributed by atoms with Crippen molar-refractivity contribution in [3.05, 3.63) is 96.1 Å². The van der Waals surface area contributed by atoms with Crippen molar-refractivity contribution in [2.45, 2.75) is 10.0 Å². The van der Waals surface area contributed by atoms with Crippen LogP contribution >= 0.6 is 34.8 Å². The molecule has 0 spiro atoms. The molecule has 3 rings (SSSR count). The summed E-state index contributed by atoms with van der Waals surface area (Å²) in [5.41, 5.74) is 5.08. The van der Waals surface area contributed by atoms with Crippen LogP contribution in [-0.4, -0.2) is 22.1 Å². The number of carbonyl (C=O) groups is 1. The molecule has 0 aliphatic rings. The summed E-state index contributed by atoms with van der Waals surface area (Å²) in [5.74, 6) is 0.00974. The molecule has 2 N–H and O–H groups in total. The summed E-state index contributed by atoms with van der Waals surface area (Å²) in [6.07, 6.45) is 0.481. The van der Waals surface area contributed by atoms with Gasteiger partial charge in [-0.15, -0.1) is 0 Å². The van der Waals surface area contributed by atoms with E-state index in [1.54, 1.807) is 60.8 Å². The van der Waals surface area contributed by atoms with Gasteiger partial charge in [-0.25, -0.2) is 0 Å². The molecule has 3 aromatic carbocycles.